The van der Waals surface area contributed by atoms with Crippen LogP contribution in [-0.4, -0.2) is 9.78 Å². The molecule has 1 aromatic carbocycles. The van der Waals surface area contributed by atoms with E-state index >= 15 is 0 Å². The Kier molecular flexibility index (Phi) is 1.24. The quantitative estimate of drug-likeness (QED) is 0.491. The molecular weight excluding hydrogens is 182 g/mol. The van der Waals surface area contributed by atoms with Crippen molar-refractivity contribution in [3.05, 3.63) is 30.6 Å². The van der Waals surface area contributed by atoms with Gasteiger partial charge in [-0.15, -0.1) is 4.68 Å². The number of thiazole rings is 1. The molecule has 0 fully saturated rings. The van der Waals surface area contributed by atoms with Gasteiger partial charge in [0.15, 0.2) is 0 Å². The molecule has 0 aliphatic carbocycles. The van der Waals surface area contributed by atoms with Crippen molar-refractivity contribution in [2.24, 2.45) is 7.05 Å². The lowest BCUT2D eigenvalue weighted by Gasteiger charge is -1.81. The number of para-hydroxylation sites is 1. The summed E-state index contributed by atoms with van der Waals surface area (Å²) in [6.07, 6.45) is 1.86. The molecule has 0 unspecified atom stereocenters. The Morgan fingerprint density at radius 3 is 3.15 bits per heavy atom. The molecule has 0 aliphatic heterocycles. The van der Waals surface area contributed by atoms with Crippen LogP contribution >= 0.6 is 11.3 Å². The molecular formula is C9H8N3S+. The van der Waals surface area contributed by atoms with Crippen molar-refractivity contribution < 1.29 is 4.40 Å². The first-order chi connectivity index (χ1) is 6.36. The molecule has 64 valence electrons. The fourth-order valence-electron chi connectivity index (χ4n) is 1.51. The van der Waals surface area contributed by atoms with E-state index in [0.717, 1.165) is 0 Å². The van der Waals surface area contributed by atoms with Crippen LogP contribution in [-0.2, 0) is 7.05 Å². The zero-order valence-corrected chi connectivity index (χ0v) is 7.95. The predicted octanol–water partition coefficient (Wildman–Crippen LogP) is 1.37. The Labute approximate surface area is 78.9 Å². The summed E-state index contributed by atoms with van der Waals surface area (Å²) in [5, 5.41) is 4.20. The molecule has 2 aromatic heterocycles. The molecule has 3 nitrogen and oxygen atoms in total. The van der Waals surface area contributed by atoms with E-state index in [1.807, 2.05) is 18.1 Å². The summed E-state index contributed by atoms with van der Waals surface area (Å²) < 4.78 is 5.31. The third-order valence-electron chi connectivity index (χ3n) is 2.15. The van der Waals surface area contributed by atoms with Gasteiger partial charge in [0, 0.05) is 5.10 Å². The third-order valence-corrected chi connectivity index (χ3v) is 3.36. The number of fused-ring (bicyclic) bond motifs is 3. The molecule has 3 rings (SSSR count). The minimum absolute atomic E-state index is 1.17. The summed E-state index contributed by atoms with van der Waals surface area (Å²) in [7, 11) is 1.96. The molecule has 0 radical (unpaired) electrons. The highest BCUT2D eigenvalue weighted by atomic mass is 32.1. The maximum Gasteiger partial charge on any atom is 0.323 e. The van der Waals surface area contributed by atoms with E-state index in [2.05, 4.69) is 33.8 Å². The molecule has 3 aromatic rings. The Morgan fingerprint density at radius 1 is 1.38 bits per heavy atom. The highest BCUT2D eigenvalue weighted by Crippen LogP contribution is 2.19. The number of aromatic nitrogens is 3. The summed E-state index contributed by atoms with van der Waals surface area (Å²) in [5.41, 5.74) is 1.23. The van der Waals surface area contributed by atoms with Gasteiger partial charge < -0.3 is 0 Å². The first-order valence-electron chi connectivity index (χ1n) is 4.07. The summed E-state index contributed by atoms with van der Waals surface area (Å²) in [5.74, 6) is 0. The van der Waals surface area contributed by atoms with Crippen LogP contribution in [0.4, 0.5) is 0 Å². The molecule has 0 aliphatic rings. The van der Waals surface area contributed by atoms with Gasteiger partial charge in [-0.1, -0.05) is 23.5 Å². The van der Waals surface area contributed by atoms with Crippen LogP contribution in [0.25, 0.3) is 15.2 Å². The van der Waals surface area contributed by atoms with Gasteiger partial charge in [0.05, 0.1) is 11.7 Å². The minimum atomic E-state index is 1.17. The largest absolute Gasteiger partial charge is 0.323 e. The van der Waals surface area contributed by atoms with Gasteiger partial charge in [-0.25, -0.2) is 0 Å². The molecule has 0 saturated carbocycles. The van der Waals surface area contributed by atoms with E-state index in [1.54, 1.807) is 11.3 Å². The lowest BCUT2D eigenvalue weighted by atomic mass is 10.3. The van der Waals surface area contributed by atoms with Gasteiger partial charge in [-0.2, -0.15) is 4.40 Å². The first kappa shape index (κ1) is 7.03. The van der Waals surface area contributed by atoms with Crippen molar-refractivity contribution in [1.82, 2.24) is 9.78 Å². The van der Waals surface area contributed by atoms with Crippen LogP contribution in [0, 0.1) is 0 Å². The Hall–Kier alpha value is -1.42. The number of hydrogen-bond donors (Lipinski definition) is 0. The van der Waals surface area contributed by atoms with Crippen molar-refractivity contribution in [2.45, 2.75) is 0 Å². The second kappa shape index (κ2) is 2.29. The van der Waals surface area contributed by atoms with Gasteiger partial charge in [0.1, 0.15) is 5.52 Å². The highest BCUT2D eigenvalue weighted by Gasteiger charge is 2.13. The molecule has 0 amide bonds. The summed E-state index contributed by atoms with van der Waals surface area (Å²) in [6.45, 7) is 0. The maximum absolute atomic E-state index is 4.20. The number of rotatable bonds is 0. The maximum atomic E-state index is 4.20. The van der Waals surface area contributed by atoms with Crippen molar-refractivity contribution in [3.63, 3.8) is 0 Å². The standard InChI is InChI=1S/C9H8N3S/c1-11-9-12(6-10-11)7-4-2-3-5-8(7)13-9/h2-6H,1H3/q+1. The van der Waals surface area contributed by atoms with Crippen molar-refractivity contribution in [3.8, 4) is 0 Å². The average molecular weight is 190 g/mol. The zero-order chi connectivity index (χ0) is 8.84. The number of nitrogens with zero attached hydrogens (tertiary/aromatic N) is 3. The van der Waals surface area contributed by atoms with E-state index in [-0.39, 0.29) is 0 Å². The smallest absolute Gasteiger partial charge is 0.186 e. The van der Waals surface area contributed by atoms with E-state index in [4.69, 9.17) is 0 Å². The fraction of sp³-hybridized carbons (Fsp3) is 0.111. The Bertz CT molecular complexity index is 579. The molecule has 0 N–H and O–H groups in total. The summed E-state index contributed by atoms with van der Waals surface area (Å²) in [6, 6.07) is 8.35. The monoisotopic (exact) mass is 190 g/mol. The zero-order valence-electron chi connectivity index (χ0n) is 7.14. The minimum Gasteiger partial charge on any atom is -0.186 e. The van der Waals surface area contributed by atoms with Crippen LogP contribution in [0.2, 0.25) is 0 Å². The molecule has 0 atom stereocenters. The van der Waals surface area contributed by atoms with Crippen LogP contribution in [0.1, 0.15) is 0 Å². The van der Waals surface area contributed by atoms with Gasteiger partial charge in [-0.05, 0) is 12.1 Å². The molecule has 13 heavy (non-hydrogen) atoms. The predicted molar refractivity (Wildman–Crippen MR) is 51.8 cm³/mol. The number of benzene rings is 1. The normalized spacial score (nSPS) is 11.5. The molecule has 0 bridgehead atoms. The second-order valence-electron chi connectivity index (χ2n) is 2.98. The van der Waals surface area contributed by atoms with E-state index in [9.17, 15) is 0 Å². The summed E-state index contributed by atoms with van der Waals surface area (Å²) >= 11 is 1.76. The second-order valence-corrected chi connectivity index (χ2v) is 3.99. The molecule has 0 saturated heterocycles. The van der Waals surface area contributed by atoms with Gasteiger partial charge in [0.2, 0.25) is 0 Å². The van der Waals surface area contributed by atoms with Crippen molar-refractivity contribution >= 4 is 26.5 Å². The van der Waals surface area contributed by atoms with E-state index in [1.165, 1.54) is 15.2 Å². The van der Waals surface area contributed by atoms with E-state index in [0.29, 0.717) is 0 Å². The highest BCUT2D eigenvalue weighted by molar-refractivity contribution is 7.22. The fourth-order valence-corrected chi connectivity index (χ4v) is 2.54. The van der Waals surface area contributed by atoms with Gasteiger partial charge in [0.25, 0.3) is 6.33 Å². The van der Waals surface area contributed by atoms with Crippen LogP contribution in [0.15, 0.2) is 30.6 Å². The number of aryl methyl sites for hydroxylation is 1. The summed E-state index contributed by atoms with van der Waals surface area (Å²) in [4.78, 5) is 1.17. The average Bonchev–Trinajstić information content (AvgIpc) is 2.67. The van der Waals surface area contributed by atoms with Crippen LogP contribution in [0.5, 0.6) is 0 Å². The molecule has 0 spiro atoms. The van der Waals surface area contributed by atoms with Crippen LogP contribution < -0.4 is 4.40 Å². The Balaban J connectivity index is 2.64. The molecule has 2 heterocycles. The Morgan fingerprint density at radius 2 is 2.23 bits per heavy atom. The van der Waals surface area contributed by atoms with Gasteiger partial charge in [-0.3, -0.25) is 0 Å². The lowest BCUT2D eigenvalue weighted by molar-refractivity contribution is -0.478. The van der Waals surface area contributed by atoms with Crippen LogP contribution in [0.3, 0.4) is 0 Å². The van der Waals surface area contributed by atoms with Crippen molar-refractivity contribution in [1.29, 1.82) is 0 Å². The number of hydrogen-bond acceptors (Lipinski definition) is 2. The van der Waals surface area contributed by atoms with E-state index < -0.39 is 0 Å². The van der Waals surface area contributed by atoms with Crippen molar-refractivity contribution in [2.75, 3.05) is 0 Å². The third kappa shape index (κ3) is 0.833. The lowest BCUT2D eigenvalue weighted by Crippen LogP contribution is -2.15. The molecule has 4 heteroatoms. The SMILES string of the molecule is Cn1nc[n+]2c3ccccc3sc12. The van der Waals surface area contributed by atoms with Gasteiger partial charge >= 0.3 is 4.96 Å². The topological polar surface area (TPSA) is 21.9 Å². The first-order valence-corrected chi connectivity index (χ1v) is 4.89.